The van der Waals surface area contributed by atoms with Crippen molar-refractivity contribution in [3.63, 3.8) is 0 Å². The van der Waals surface area contributed by atoms with E-state index in [9.17, 15) is 34.5 Å². The fraction of sp³-hybridized carbons (Fsp3) is 0.793. The molecule has 3 saturated heterocycles. The summed E-state index contributed by atoms with van der Waals surface area (Å²) in [5, 5.41) is 33.1. The molecule has 16 atom stereocenters. The van der Waals surface area contributed by atoms with E-state index in [1.54, 1.807) is 34.0 Å². The molecule has 4 heterocycles. The molecule has 1 aliphatic carbocycles. The molecule has 3 N–H and O–H groups in total. The molecule has 5 aliphatic rings. The Balaban J connectivity index is 1.44. The Kier molecular flexibility index (Phi) is 25.8. The lowest BCUT2D eigenvalue weighted by molar-refractivity contribution is -0.266. The van der Waals surface area contributed by atoms with Crippen molar-refractivity contribution < 1.29 is 72.4 Å². The lowest BCUT2D eigenvalue weighted by Crippen LogP contribution is -2.60. The number of allylic oxidation sites excluding steroid dienone is 6. The molecule has 1 amide bonds. The number of hydrogen-bond acceptors (Lipinski definition) is 15. The molecule has 0 radical (unpaired) electrons. The average Bonchev–Trinajstić information content (AvgIpc) is 3.39. The van der Waals surface area contributed by atoms with Crippen LogP contribution >= 0.6 is 0 Å². The van der Waals surface area contributed by atoms with Crippen LogP contribution in [0, 0.1) is 35.5 Å². The van der Waals surface area contributed by atoms with Gasteiger partial charge in [0.05, 0.1) is 69.6 Å². The van der Waals surface area contributed by atoms with E-state index >= 15 is 0 Å². The second-order valence-corrected chi connectivity index (χ2v) is 22.2. The zero-order chi connectivity index (χ0) is 54.0. The zero-order valence-corrected chi connectivity index (χ0v) is 46.2. The number of hydrogen-bond donors (Lipinski definition) is 3. The Morgan fingerprint density at radius 1 is 0.851 bits per heavy atom. The number of ketones is 3. The van der Waals surface area contributed by atoms with Crippen molar-refractivity contribution in [3.8, 4) is 0 Å². The summed E-state index contributed by atoms with van der Waals surface area (Å²) >= 11 is 0. The summed E-state index contributed by atoms with van der Waals surface area (Å²) in [4.78, 5) is 58.7. The van der Waals surface area contributed by atoms with Crippen LogP contribution in [-0.4, -0.2) is 171 Å². The van der Waals surface area contributed by atoms with Crippen LogP contribution in [0.25, 0.3) is 0 Å². The second kappa shape index (κ2) is 30.8. The van der Waals surface area contributed by atoms with Crippen molar-refractivity contribution in [2.45, 2.75) is 193 Å². The Bertz CT molecular complexity index is 1900. The molecule has 0 aromatic heterocycles. The highest BCUT2D eigenvalue weighted by Gasteiger charge is 2.52. The highest BCUT2D eigenvalue weighted by molar-refractivity contribution is 6.38. The van der Waals surface area contributed by atoms with Crippen molar-refractivity contribution in [2.24, 2.45) is 35.5 Å². The molecule has 1 saturated carbocycles. The average molecular weight is 1040 g/mol. The summed E-state index contributed by atoms with van der Waals surface area (Å²) in [5.74, 6) is -6.07. The molecule has 0 spiro atoms. The van der Waals surface area contributed by atoms with Crippen molar-refractivity contribution in [1.82, 2.24) is 4.90 Å². The molecule has 4 aliphatic heterocycles. The molecule has 1 unspecified atom stereocenters. The van der Waals surface area contributed by atoms with E-state index in [4.69, 9.17) is 37.9 Å². The first-order valence-corrected chi connectivity index (χ1v) is 27.8. The number of methoxy groups -OCH3 is 2. The zero-order valence-electron chi connectivity index (χ0n) is 46.2. The number of piperidine rings is 1. The first-order valence-electron chi connectivity index (χ1n) is 27.8. The molecule has 16 heteroatoms. The maximum atomic E-state index is 14.5. The summed E-state index contributed by atoms with van der Waals surface area (Å²) in [6.45, 7) is 15.7. The number of Topliss-reactive ketones (excluding diaryl/α,β-unsaturated/α-hetero) is 3. The molecule has 0 aromatic rings. The van der Waals surface area contributed by atoms with Gasteiger partial charge in [-0.1, -0.05) is 71.1 Å². The predicted octanol–water partition coefficient (Wildman–Crippen LogP) is 6.85. The topological polar surface area (TPSA) is 206 Å². The first-order chi connectivity index (χ1) is 35.4. The van der Waals surface area contributed by atoms with Gasteiger partial charge in [0.25, 0.3) is 11.7 Å². The number of amides is 1. The molecule has 420 valence electrons. The van der Waals surface area contributed by atoms with Gasteiger partial charge in [0.1, 0.15) is 24.1 Å². The Morgan fingerprint density at radius 2 is 1.64 bits per heavy atom. The van der Waals surface area contributed by atoms with Gasteiger partial charge in [-0.2, -0.15) is 0 Å². The van der Waals surface area contributed by atoms with Crippen LogP contribution in [-0.2, 0) is 57.1 Å². The maximum Gasteiger partial charge on any atom is 0.296 e. The molecular weight excluding hydrogens is 951 g/mol. The van der Waals surface area contributed by atoms with Crippen LogP contribution in [0.5, 0.6) is 0 Å². The smallest absolute Gasteiger partial charge is 0.296 e. The second-order valence-electron chi connectivity index (χ2n) is 22.2. The van der Waals surface area contributed by atoms with Crippen molar-refractivity contribution in [2.75, 3.05) is 67.0 Å². The predicted molar refractivity (Wildman–Crippen MR) is 280 cm³/mol. The first kappa shape index (κ1) is 61.8. The quantitative estimate of drug-likeness (QED) is 0.104. The van der Waals surface area contributed by atoms with E-state index in [2.05, 4.69) is 6.92 Å². The normalized spacial score (nSPS) is 39.3. The minimum Gasteiger partial charge on any atom is -0.396 e. The summed E-state index contributed by atoms with van der Waals surface area (Å²) in [5.41, 5.74) is 1.34. The van der Waals surface area contributed by atoms with Crippen LogP contribution < -0.4 is 0 Å². The summed E-state index contributed by atoms with van der Waals surface area (Å²) in [6.07, 6.45) is 14.6. The van der Waals surface area contributed by atoms with E-state index < -0.39 is 71.8 Å². The van der Waals surface area contributed by atoms with E-state index in [0.29, 0.717) is 83.5 Å². The van der Waals surface area contributed by atoms with Crippen molar-refractivity contribution >= 4 is 23.3 Å². The minimum atomic E-state index is -2.36. The van der Waals surface area contributed by atoms with Crippen LogP contribution in [0.1, 0.15) is 132 Å². The van der Waals surface area contributed by atoms with Gasteiger partial charge in [0.15, 0.2) is 5.78 Å². The van der Waals surface area contributed by atoms with Crippen LogP contribution in [0.3, 0.4) is 0 Å². The highest BCUT2D eigenvalue weighted by Crippen LogP contribution is 2.38. The van der Waals surface area contributed by atoms with E-state index in [0.717, 1.165) is 37.7 Å². The summed E-state index contributed by atoms with van der Waals surface area (Å²) in [6, 6.07) is -0.494. The van der Waals surface area contributed by atoms with Gasteiger partial charge in [-0.3, -0.25) is 19.2 Å². The van der Waals surface area contributed by atoms with Crippen LogP contribution in [0.2, 0.25) is 0 Å². The number of aliphatic hydroxyl groups excluding tert-OH is 2. The molecule has 5 rings (SSSR count). The van der Waals surface area contributed by atoms with E-state index in [-0.39, 0.29) is 73.9 Å². The third-order valence-electron chi connectivity index (χ3n) is 16.3. The Labute approximate surface area is 441 Å². The van der Waals surface area contributed by atoms with E-state index in [1.807, 2.05) is 51.2 Å². The molecule has 16 nitrogen and oxygen atoms in total. The summed E-state index contributed by atoms with van der Waals surface area (Å²) in [7, 11) is 3.10. The van der Waals surface area contributed by atoms with Gasteiger partial charge >= 0.3 is 0 Å². The number of carbonyl (C=O) groups excluding carboxylic acids is 4. The maximum absolute atomic E-state index is 14.5. The van der Waals surface area contributed by atoms with E-state index in [1.165, 1.54) is 12.0 Å². The number of fused-ring (bicyclic) bond motifs is 3. The number of carbonyl (C=O) groups is 4. The molecule has 74 heavy (non-hydrogen) atoms. The monoisotopic (exact) mass is 1040 g/mol. The van der Waals surface area contributed by atoms with Crippen molar-refractivity contribution in [3.05, 3.63) is 47.6 Å². The lowest BCUT2D eigenvalue weighted by Gasteiger charge is -2.43. The van der Waals surface area contributed by atoms with Gasteiger partial charge in [0.2, 0.25) is 5.79 Å². The molecular formula is C58H93NO15. The molecule has 4 fully saturated rings. The number of aliphatic hydroxyl groups is 3. The lowest BCUT2D eigenvalue weighted by atomic mass is 9.78. The Morgan fingerprint density at radius 3 is 2.35 bits per heavy atom. The van der Waals surface area contributed by atoms with Gasteiger partial charge in [-0.05, 0) is 113 Å². The minimum absolute atomic E-state index is 0.0164. The van der Waals surface area contributed by atoms with Crippen LogP contribution in [0.4, 0.5) is 0 Å². The SMILES string of the molecule is CO[C@@H]1C[C@H](C[C@@H](C)[C@@H]2CC(=O)[C@H](C)/C=C(\C)[C@@H](O)[C@@H](OC)C(=O)[C@H](C)C[C@H](C)/C=C/C=C/C=C(\C)[C@@H](OCC3COCCO3)C[C@@H]3CC[C@@H](C)[C@@](O)(O3)C(=O)C(=O)N3CCCC[C@H]3CO2)CC[C@H]1OCCCO. The highest BCUT2D eigenvalue weighted by atomic mass is 16.6. The van der Waals surface area contributed by atoms with Crippen molar-refractivity contribution in [1.29, 1.82) is 0 Å². The standard InChI is InChI=1S/C58H93NO15/c1-37-16-11-10-12-17-38(2)50(73-36-47-35-69-26-27-70-47)32-46-21-19-43(7)58(66,74-46)56(64)57(65)59-23-14-13-18-45(59)34-72-51(40(4)30-44-20-22-49(52(31-44)67-8)71-25-15-24-60)33-48(61)39(3)29-42(6)54(63)55(68-9)53(62)41(5)28-37/h10-12,16-17,29,37,39-41,43-47,49-52,54-55,60,63,66H,13-15,18-28,30-36H2,1-9H3/b12-10+,16-11+,38-17+,42-29+/t37-,39-,40-,41-,43-,44+,45+,46+,47?,49-,50+,51+,52-,54-,55+,58-/m1/s1. The molecule has 0 aromatic carbocycles. The van der Waals surface area contributed by atoms with Gasteiger partial charge in [0, 0.05) is 64.6 Å². The van der Waals surface area contributed by atoms with Crippen LogP contribution in [0.15, 0.2) is 47.6 Å². The van der Waals surface area contributed by atoms with Gasteiger partial charge in [-0.15, -0.1) is 0 Å². The number of ether oxygens (including phenoxy) is 8. The fourth-order valence-corrected chi connectivity index (χ4v) is 11.5. The third kappa shape index (κ3) is 17.8. The Hall–Kier alpha value is -3.00. The summed E-state index contributed by atoms with van der Waals surface area (Å²) < 4.78 is 48.8. The number of rotatable bonds is 12. The molecule has 2 bridgehead atoms. The largest absolute Gasteiger partial charge is 0.396 e. The van der Waals surface area contributed by atoms with Gasteiger partial charge < -0.3 is 58.1 Å². The van der Waals surface area contributed by atoms with Gasteiger partial charge in [-0.25, -0.2) is 0 Å². The number of nitrogens with zero attached hydrogens (tertiary/aromatic N) is 1. The third-order valence-corrected chi connectivity index (χ3v) is 16.3. The fourth-order valence-electron chi connectivity index (χ4n) is 11.5.